The molecule has 0 aliphatic rings. The number of aromatic hydroxyl groups is 1. The quantitative estimate of drug-likeness (QED) is 0.767. The van der Waals surface area contributed by atoms with Gasteiger partial charge in [0.1, 0.15) is 5.75 Å². The second kappa shape index (κ2) is 6.61. The van der Waals surface area contributed by atoms with Crippen LogP contribution in [0, 0.1) is 5.92 Å². The van der Waals surface area contributed by atoms with Gasteiger partial charge < -0.3 is 16.2 Å². The van der Waals surface area contributed by atoms with E-state index in [-0.39, 0.29) is 23.3 Å². The van der Waals surface area contributed by atoms with E-state index in [1.165, 1.54) is 12.1 Å². The molecule has 0 saturated heterocycles. The van der Waals surface area contributed by atoms with Crippen molar-refractivity contribution in [3.05, 3.63) is 28.8 Å². The number of carbonyl (C=O) groups is 1. The molecule has 1 rings (SSSR count). The van der Waals surface area contributed by atoms with Gasteiger partial charge in [-0.1, -0.05) is 25.4 Å². The minimum atomic E-state index is -0.333. The highest BCUT2D eigenvalue weighted by atomic mass is 35.5. The summed E-state index contributed by atoms with van der Waals surface area (Å²) < 4.78 is 0. The Bertz CT molecular complexity index is 421. The van der Waals surface area contributed by atoms with Crippen molar-refractivity contribution < 1.29 is 9.90 Å². The minimum absolute atomic E-state index is 0.0902. The number of benzene rings is 1. The average Bonchev–Trinajstić information content (AvgIpc) is 2.27. The Morgan fingerprint density at radius 3 is 2.67 bits per heavy atom. The highest BCUT2D eigenvalue weighted by Gasteiger charge is 2.16. The third kappa shape index (κ3) is 4.20. The number of halogens is 1. The van der Waals surface area contributed by atoms with Crippen molar-refractivity contribution in [2.24, 2.45) is 11.7 Å². The molecule has 100 valence electrons. The molecule has 1 atom stereocenters. The third-order valence-corrected chi connectivity index (χ3v) is 2.82. The molecule has 0 spiro atoms. The van der Waals surface area contributed by atoms with E-state index in [1.807, 2.05) is 0 Å². The van der Waals surface area contributed by atoms with Gasteiger partial charge in [-0.25, -0.2) is 0 Å². The summed E-state index contributed by atoms with van der Waals surface area (Å²) in [5.41, 5.74) is 5.82. The summed E-state index contributed by atoms with van der Waals surface area (Å²) in [7, 11) is 0. The maximum atomic E-state index is 12.0. The van der Waals surface area contributed by atoms with Gasteiger partial charge in [0.25, 0.3) is 5.91 Å². The number of phenolic OH excluding ortho intramolecular Hbond substituents is 1. The van der Waals surface area contributed by atoms with Gasteiger partial charge in [-0.3, -0.25) is 4.79 Å². The van der Waals surface area contributed by atoms with E-state index in [4.69, 9.17) is 17.3 Å². The Balaban J connectivity index is 2.74. The summed E-state index contributed by atoms with van der Waals surface area (Å²) in [6, 6.07) is 4.31. The molecule has 18 heavy (non-hydrogen) atoms. The third-order valence-electron chi connectivity index (χ3n) is 2.58. The fourth-order valence-electron chi connectivity index (χ4n) is 1.74. The number of phenols is 1. The summed E-state index contributed by atoms with van der Waals surface area (Å²) >= 11 is 5.71. The molecule has 0 aliphatic heterocycles. The lowest BCUT2D eigenvalue weighted by atomic mass is 10.0. The van der Waals surface area contributed by atoms with Crippen molar-refractivity contribution in [3.8, 4) is 5.75 Å². The fourth-order valence-corrected chi connectivity index (χ4v) is 1.91. The van der Waals surface area contributed by atoms with Crippen molar-refractivity contribution in [3.63, 3.8) is 0 Å². The van der Waals surface area contributed by atoms with Crippen molar-refractivity contribution >= 4 is 17.5 Å². The number of nitrogens with two attached hydrogens (primary N) is 1. The molecule has 4 nitrogen and oxygen atoms in total. The summed E-state index contributed by atoms with van der Waals surface area (Å²) in [4.78, 5) is 12.0. The number of rotatable bonds is 5. The van der Waals surface area contributed by atoms with Gasteiger partial charge in [0, 0.05) is 17.6 Å². The molecule has 0 aromatic heterocycles. The highest BCUT2D eigenvalue weighted by molar-refractivity contribution is 6.30. The van der Waals surface area contributed by atoms with Crippen LogP contribution < -0.4 is 11.1 Å². The van der Waals surface area contributed by atoms with E-state index in [9.17, 15) is 9.90 Å². The van der Waals surface area contributed by atoms with Crippen LogP contribution in [0.5, 0.6) is 5.75 Å². The average molecular weight is 271 g/mol. The van der Waals surface area contributed by atoms with Crippen LogP contribution in [-0.2, 0) is 0 Å². The lowest BCUT2D eigenvalue weighted by Crippen LogP contribution is -2.41. The van der Waals surface area contributed by atoms with Gasteiger partial charge in [0.05, 0.1) is 5.56 Å². The Kier molecular flexibility index (Phi) is 5.44. The van der Waals surface area contributed by atoms with Crippen molar-refractivity contribution in [2.75, 3.05) is 6.54 Å². The maximum absolute atomic E-state index is 12.0. The zero-order valence-corrected chi connectivity index (χ0v) is 11.4. The van der Waals surface area contributed by atoms with Gasteiger partial charge in [0.15, 0.2) is 0 Å². The first-order chi connectivity index (χ1) is 8.43. The normalized spacial score (nSPS) is 12.5. The molecule has 0 radical (unpaired) electrons. The number of hydrogen-bond acceptors (Lipinski definition) is 3. The lowest BCUT2D eigenvalue weighted by molar-refractivity contribution is 0.0931. The Morgan fingerprint density at radius 2 is 2.17 bits per heavy atom. The fraction of sp³-hybridized carbons (Fsp3) is 0.462. The SMILES string of the molecule is CC(C)CC(CN)NC(=O)c1ccc(Cl)cc1O. The van der Waals surface area contributed by atoms with Crippen LogP contribution in [0.4, 0.5) is 0 Å². The van der Waals surface area contributed by atoms with Gasteiger partial charge >= 0.3 is 0 Å². The van der Waals surface area contributed by atoms with E-state index >= 15 is 0 Å². The van der Waals surface area contributed by atoms with Crippen LogP contribution >= 0.6 is 11.6 Å². The topological polar surface area (TPSA) is 75.3 Å². The second-order valence-electron chi connectivity index (χ2n) is 4.70. The van der Waals surface area contributed by atoms with Crippen LogP contribution in [0.3, 0.4) is 0 Å². The first-order valence-corrected chi connectivity index (χ1v) is 6.31. The molecule has 5 heteroatoms. The number of hydrogen-bond donors (Lipinski definition) is 3. The monoisotopic (exact) mass is 270 g/mol. The van der Waals surface area contributed by atoms with Crippen LogP contribution in [0.1, 0.15) is 30.6 Å². The number of nitrogens with one attached hydrogen (secondary N) is 1. The lowest BCUT2D eigenvalue weighted by Gasteiger charge is -2.19. The molecule has 1 amide bonds. The van der Waals surface area contributed by atoms with E-state index in [0.717, 1.165) is 6.42 Å². The van der Waals surface area contributed by atoms with E-state index < -0.39 is 0 Å². The standard InChI is InChI=1S/C13H19ClN2O2/c1-8(2)5-10(7-15)16-13(18)11-4-3-9(14)6-12(11)17/h3-4,6,8,10,17H,5,7,15H2,1-2H3,(H,16,18). The predicted molar refractivity (Wildman–Crippen MR) is 72.9 cm³/mol. The first-order valence-electron chi connectivity index (χ1n) is 5.93. The number of carbonyl (C=O) groups excluding carboxylic acids is 1. The van der Waals surface area contributed by atoms with Gasteiger partial charge in [-0.05, 0) is 30.5 Å². The van der Waals surface area contributed by atoms with Crippen LogP contribution in [0.15, 0.2) is 18.2 Å². The summed E-state index contributed by atoms with van der Waals surface area (Å²) in [6.07, 6.45) is 0.802. The maximum Gasteiger partial charge on any atom is 0.255 e. The van der Waals surface area contributed by atoms with E-state index in [1.54, 1.807) is 6.07 Å². The Labute approximate surface area is 112 Å². The molecule has 0 bridgehead atoms. The van der Waals surface area contributed by atoms with Crippen molar-refractivity contribution in [2.45, 2.75) is 26.3 Å². The predicted octanol–water partition coefficient (Wildman–Crippen LogP) is 2.15. The largest absolute Gasteiger partial charge is 0.507 e. The van der Waals surface area contributed by atoms with E-state index in [0.29, 0.717) is 17.5 Å². The molecule has 1 unspecified atom stereocenters. The Morgan fingerprint density at radius 1 is 1.50 bits per heavy atom. The van der Waals surface area contributed by atoms with Crippen LogP contribution in [-0.4, -0.2) is 23.6 Å². The molecule has 4 N–H and O–H groups in total. The number of amides is 1. The molecular formula is C13H19ClN2O2. The molecule has 0 saturated carbocycles. The van der Waals surface area contributed by atoms with Gasteiger partial charge in [0.2, 0.25) is 0 Å². The molecule has 0 fully saturated rings. The molecule has 1 aromatic rings. The Hall–Kier alpha value is -1.26. The zero-order chi connectivity index (χ0) is 13.7. The van der Waals surface area contributed by atoms with Crippen LogP contribution in [0.2, 0.25) is 5.02 Å². The summed E-state index contributed by atoms with van der Waals surface area (Å²) in [5, 5.41) is 12.9. The molecular weight excluding hydrogens is 252 g/mol. The summed E-state index contributed by atoms with van der Waals surface area (Å²) in [5.74, 6) is -0.0155. The van der Waals surface area contributed by atoms with Gasteiger partial charge in [-0.2, -0.15) is 0 Å². The highest BCUT2D eigenvalue weighted by Crippen LogP contribution is 2.21. The smallest absolute Gasteiger partial charge is 0.255 e. The summed E-state index contributed by atoms with van der Waals surface area (Å²) in [6.45, 7) is 4.50. The molecule has 0 heterocycles. The minimum Gasteiger partial charge on any atom is -0.507 e. The molecule has 1 aromatic carbocycles. The van der Waals surface area contributed by atoms with Crippen molar-refractivity contribution in [1.82, 2.24) is 5.32 Å². The van der Waals surface area contributed by atoms with Crippen LogP contribution in [0.25, 0.3) is 0 Å². The zero-order valence-electron chi connectivity index (χ0n) is 10.6. The van der Waals surface area contributed by atoms with E-state index in [2.05, 4.69) is 19.2 Å². The van der Waals surface area contributed by atoms with Gasteiger partial charge in [-0.15, -0.1) is 0 Å². The second-order valence-corrected chi connectivity index (χ2v) is 5.13. The molecule has 0 aliphatic carbocycles. The first kappa shape index (κ1) is 14.8. The van der Waals surface area contributed by atoms with Crippen molar-refractivity contribution in [1.29, 1.82) is 0 Å².